The Kier molecular flexibility index (Phi) is 4.91. The summed E-state index contributed by atoms with van der Waals surface area (Å²) < 4.78 is 1.21. The van der Waals surface area contributed by atoms with E-state index in [0.717, 1.165) is 53.3 Å². The van der Waals surface area contributed by atoms with Crippen LogP contribution in [-0.4, -0.2) is 40.8 Å². The fourth-order valence-electron chi connectivity index (χ4n) is 4.85. The van der Waals surface area contributed by atoms with Gasteiger partial charge in [0, 0.05) is 12.5 Å². The fraction of sp³-hybridized carbons (Fsp3) is 0.375. The van der Waals surface area contributed by atoms with E-state index in [4.69, 9.17) is 4.98 Å². The molecule has 2 aromatic carbocycles. The number of anilines is 1. The minimum Gasteiger partial charge on any atom is -0.291 e. The third-order valence-corrected chi connectivity index (χ3v) is 7.54. The second kappa shape index (κ2) is 7.60. The van der Waals surface area contributed by atoms with E-state index in [2.05, 4.69) is 17.0 Å². The summed E-state index contributed by atoms with van der Waals surface area (Å²) in [5.74, 6) is 0.139. The van der Waals surface area contributed by atoms with E-state index in [0.29, 0.717) is 5.92 Å². The third kappa shape index (κ3) is 3.24. The molecule has 2 aliphatic rings. The Balaban J connectivity index is 1.39. The number of nitrogens with zero attached hydrogens (tertiary/aromatic N) is 3. The molecule has 154 valence electrons. The van der Waals surface area contributed by atoms with E-state index in [1.807, 2.05) is 44.2 Å². The Hall–Kier alpha value is -2.57. The highest BCUT2D eigenvalue weighted by atomic mass is 32.1. The number of rotatable bonds is 3. The lowest BCUT2D eigenvalue weighted by molar-refractivity contribution is -0.123. The number of imide groups is 1. The second-order valence-corrected chi connectivity index (χ2v) is 9.44. The van der Waals surface area contributed by atoms with Crippen molar-refractivity contribution in [2.24, 2.45) is 0 Å². The number of likely N-dealkylation sites (tertiary alicyclic amines) is 1. The Morgan fingerprint density at radius 3 is 2.57 bits per heavy atom. The zero-order valence-corrected chi connectivity index (χ0v) is 18.1. The molecule has 0 bridgehead atoms. The van der Waals surface area contributed by atoms with E-state index in [1.54, 1.807) is 11.3 Å². The van der Waals surface area contributed by atoms with Crippen LogP contribution < -0.4 is 4.90 Å². The maximum atomic E-state index is 13.4. The monoisotopic (exact) mass is 419 g/mol. The maximum Gasteiger partial charge on any atom is 0.251 e. The van der Waals surface area contributed by atoms with Crippen molar-refractivity contribution in [3.8, 4) is 0 Å². The smallest absolute Gasteiger partial charge is 0.251 e. The van der Waals surface area contributed by atoms with Crippen molar-refractivity contribution in [3.63, 3.8) is 0 Å². The molecule has 2 aliphatic heterocycles. The number of benzene rings is 2. The molecule has 5 nitrogen and oxygen atoms in total. The van der Waals surface area contributed by atoms with E-state index < -0.39 is 0 Å². The number of aromatic nitrogens is 1. The number of hydrogen-bond donors (Lipinski definition) is 0. The molecule has 2 atom stereocenters. The van der Waals surface area contributed by atoms with Crippen LogP contribution in [0.4, 0.5) is 5.69 Å². The Labute approximate surface area is 180 Å². The number of thiazole rings is 1. The third-order valence-electron chi connectivity index (χ3n) is 6.34. The highest BCUT2D eigenvalue weighted by Crippen LogP contribution is 2.36. The van der Waals surface area contributed by atoms with E-state index >= 15 is 0 Å². The van der Waals surface area contributed by atoms with Crippen molar-refractivity contribution in [2.75, 3.05) is 18.0 Å². The molecule has 2 saturated heterocycles. The van der Waals surface area contributed by atoms with Crippen molar-refractivity contribution in [3.05, 3.63) is 58.6 Å². The number of aryl methyl sites for hydroxylation is 2. The molecule has 30 heavy (non-hydrogen) atoms. The number of piperidine rings is 1. The number of carbonyl (C=O) groups is 2. The summed E-state index contributed by atoms with van der Waals surface area (Å²) in [6, 6.07) is 13.7. The number of para-hydroxylation sites is 2. The van der Waals surface area contributed by atoms with Gasteiger partial charge in [0.2, 0.25) is 5.91 Å². The fourth-order valence-corrected chi connectivity index (χ4v) is 5.94. The molecule has 2 unspecified atom stereocenters. The summed E-state index contributed by atoms with van der Waals surface area (Å²) in [5, 5.41) is 1.14. The summed E-state index contributed by atoms with van der Waals surface area (Å²) in [6.45, 7) is 5.55. The van der Waals surface area contributed by atoms with Crippen LogP contribution in [0.1, 0.15) is 41.3 Å². The van der Waals surface area contributed by atoms with Crippen molar-refractivity contribution in [1.29, 1.82) is 0 Å². The first-order chi connectivity index (χ1) is 14.5. The number of amides is 2. The Morgan fingerprint density at radius 1 is 1.03 bits per heavy atom. The average Bonchev–Trinajstić information content (AvgIpc) is 3.30. The Bertz CT molecular complexity index is 1090. The Morgan fingerprint density at radius 2 is 1.80 bits per heavy atom. The molecule has 5 rings (SSSR count). The predicted molar refractivity (Wildman–Crippen MR) is 120 cm³/mol. The van der Waals surface area contributed by atoms with Crippen LogP contribution in [0.25, 0.3) is 10.2 Å². The van der Waals surface area contributed by atoms with Crippen molar-refractivity contribution in [1.82, 2.24) is 9.88 Å². The molecule has 0 N–H and O–H groups in total. The predicted octanol–water partition coefficient (Wildman–Crippen LogP) is 4.42. The van der Waals surface area contributed by atoms with Gasteiger partial charge in [-0.15, -0.1) is 11.3 Å². The number of carbonyl (C=O) groups excluding carboxylic acids is 2. The lowest BCUT2D eigenvalue weighted by atomic mass is 9.97. The second-order valence-electron chi connectivity index (χ2n) is 8.38. The highest BCUT2D eigenvalue weighted by Gasteiger charge is 2.44. The van der Waals surface area contributed by atoms with Crippen molar-refractivity contribution >= 4 is 39.1 Å². The molecule has 1 aromatic heterocycles. The van der Waals surface area contributed by atoms with Gasteiger partial charge in [0.15, 0.2) is 0 Å². The van der Waals surface area contributed by atoms with Crippen LogP contribution in [0.2, 0.25) is 0 Å². The maximum absolute atomic E-state index is 13.4. The van der Waals surface area contributed by atoms with Gasteiger partial charge in [0.25, 0.3) is 5.91 Å². The van der Waals surface area contributed by atoms with Gasteiger partial charge in [-0.05, 0) is 56.5 Å². The van der Waals surface area contributed by atoms with Gasteiger partial charge < -0.3 is 0 Å². The number of fused-ring (bicyclic) bond motifs is 1. The molecule has 6 heteroatoms. The quantitative estimate of drug-likeness (QED) is 0.590. The molecule has 2 amide bonds. The minimum atomic E-state index is -0.367. The number of hydrogen-bond acceptors (Lipinski definition) is 5. The van der Waals surface area contributed by atoms with Crippen LogP contribution in [0.5, 0.6) is 0 Å². The molecular formula is C24H25N3O2S. The van der Waals surface area contributed by atoms with E-state index in [9.17, 15) is 9.59 Å². The topological polar surface area (TPSA) is 53.5 Å². The molecule has 0 saturated carbocycles. The van der Waals surface area contributed by atoms with Crippen molar-refractivity contribution < 1.29 is 9.59 Å². The van der Waals surface area contributed by atoms with Crippen LogP contribution in [-0.2, 0) is 9.59 Å². The van der Waals surface area contributed by atoms with Crippen molar-refractivity contribution in [2.45, 2.75) is 45.1 Å². The lowest BCUT2D eigenvalue weighted by Gasteiger charge is -2.34. The highest BCUT2D eigenvalue weighted by molar-refractivity contribution is 7.18. The lowest BCUT2D eigenvalue weighted by Crippen LogP contribution is -2.46. The average molecular weight is 420 g/mol. The van der Waals surface area contributed by atoms with E-state index in [1.165, 1.54) is 9.60 Å². The van der Waals surface area contributed by atoms with Crippen LogP contribution in [0.3, 0.4) is 0 Å². The van der Waals surface area contributed by atoms with Gasteiger partial charge >= 0.3 is 0 Å². The molecular weight excluding hydrogens is 394 g/mol. The van der Waals surface area contributed by atoms with Gasteiger partial charge in [-0.1, -0.05) is 30.3 Å². The first-order valence-corrected chi connectivity index (χ1v) is 11.4. The summed E-state index contributed by atoms with van der Waals surface area (Å²) in [7, 11) is 0. The normalized spacial score (nSPS) is 22.9. The van der Waals surface area contributed by atoms with Crippen LogP contribution >= 0.6 is 11.3 Å². The van der Waals surface area contributed by atoms with E-state index in [-0.39, 0.29) is 24.3 Å². The van der Waals surface area contributed by atoms with Gasteiger partial charge in [0.1, 0.15) is 0 Å². The van der Waals surface area contributed by atoms with Crippen LogP contribution in [0.15, 0.2) is 42.5 Å². The molecule has 0 radical (unpaired) electrons. The molecule has 3 heterocycles. The summed E-state index contributed by atoms with van der Waals surface area (Å²) in [4.78, 5) is 34.7. The van der Waals surface area contributed by atoms with Gasteiger partial charge in [-0.2, -0.15) is 0 Å². The summed E-state index contributed by atoms with van der Waals surface area (Å²) >= 11 is 1.75. The molecule has 0 spiro atoms. The van der Waals surface area contributed by atoms with Gasteiger partial charge in [-0.25, -0.2) is 9.88 Å². The zero-order chi connectivity index (χ0) is 20.8. The summed E-state index contributed by atoms with van der Waals surface area (Å²) in [6.07, 6.45) is 2.35. The summed E-state index contributed by atoms with van der Waals surface area (Å²) in [5.41, 5.74) is 3.73. The standard InChI is InChI=1S/C24H25N3O2S/c1-15-7-5-8-16(2)22(15)27-21(28)13-19(24(27)29)26-12-6-9-17(14-26)23-25-18-10-3-4-11-20(18)30-23/h3-5,7-8,10-11,17,19H,6,9,12-14H2,1-2H3. The molecule has 3 aromatic rings. The van der Waals surface area contributed by atoms with Gasteiger partial charge in [-0.3, -0.25) is 14.5 Å². The molecule has 0 aliphatic carbocycles. The largest absolute Gasteiger partial charge is 0.291 e. The minimum absolute atomic E-state index is 0.0812. The molecule has 2 fully saturated rings. The first kappa shape index (κ1) is 19.4. The SMILES string of the molecule is Cc1cccc(C)c1N1C(=O)CC(N2CCCC(c3nc4ccccc4s3)C2)C1=O. The van der Waals surface area contributed by atoms with Crippen LogP contribution in [0, 0.1) is 13.8 Å². The van der Waals surface area contributed by atoms with Gasteiger partial charge in [0.05, 0.1) is 33.4 Å². The first-order valence-electron chi connectivity index (χ1n) is 10.6. The zero-order valence-electron chi connectivity index (χ0n) is 17.3.